The van der Waals surface area contributed by atoms with Crippen molar-refractivity contribution in [1.82, 2.24) is 4.72 Å². The van der Waals surface area contributed by atoms with E-state index in [-0.39, 0.29) is 6.04 Å². The van der Waals surface area contributed by atoms with Crippen molar-refractivity contribution < 1.29 is 13.2 Å². The molecule has 0 saturated heterocycles. The highest BCUT2D eigenvalue weighted by molar-refractivity contribution is 7.90. The largest absolute Gasteiger partial charge is 0.383 e. The Hall–Kier alpha value is 0.160. The lowest BCUT2D eigenvalue weighted by Gasteiger charge is -2.18. The van der Waals surface area contributed by atoms with Gasteiger partial charge in [-0.3, -0.25) is 0 Å². The Labute approximate surface area is 91.0 Å². The van der Waals surface area contributed by atoms with E-state index in [1.165, 1.54) is 7.11 Å². The zero-order valence-electron chi connectivity index (χ0n) is 8.79. The standard InChI is InChI=1S/C8H18ClNO3S/c1-7(2)14(11,12)10-8(4-5-9)6-13-3/h7-8,10H,4-6H2,1-3H3. The summed E-state index contributed by atoms with van der Waals surface area (Å²) in [6.07, 6.45) is 0.571. The van der Waals surface area contributed by atoms with Crippen LogP contribution >= 0.6 is 11.6 Å². The van der Waals surface area contributed by atoms with Crippen LogP contribution in [0.25, 0.3) is 0 Å². The van der Waals surface area contributed by atoms with E-state index < -0.39 is 15.3 Å². The number of halogens is 1. The van der Waals surface area contributed by atoms with Crippen LogP contribution in [0.1, 0.15) is 20.3 Å². The van der Waals surface area contributed by atoms with E-state index in [0.29, 0.717) is 18.9 Å². The number of hydrogen-bond acceptors (Lipinski definition) is 3. The van der Waals surface area contributed by atoms with Crippen molar-refractivity contribution in [2.45, 2.75) is 31.6 Å². The molecule has 0 rings (SSSR count). The van der Waals surface area contributed by atoms with E-state index in [9.17, 15) is 8.42 Å². The Morgan fingerprint density at radius 3 is 2.36 bits per heavy atom. The van der Waals surface area contributed by atoms with Gasteiger partial charge in [0.05, 0.1) is 11.9 Å². The zero-order valence-corrected chi connectivity index (χ0v) is 10.4. The van der Waals surface area contributed by atoms with Crippen LogP contribution in [0.5, 0.6) is 0 Å². The molecule has 4 nitrogen and oxygen atoms in total. The molecule has 0 saturated carbocycles. The molecule has 0 radical (unpaired) electrons. The van der Waals surface area contributed by atoms with Crippen LogP contribution < -0.4 is 4.72 Å². The summed E-state index contributed by atoms with van der Waals surface area (Å²) >= 11 is 5.55. The first-order chi connectivity index (χ1) is 6.44. The van der Waals surface area contributed by atoms with Gasteiger partial charge in [0.25, 0.3) is 0 Å². The highest BCUT2D eigenvalue weighted by Crippen LogP contribution is 2.02. The smallest absolute Gasteiger partial charge is 0.214 e. The fourth-order valence-corrected chi connectivity index (χ4v) is 2.06. The fourth-order valence-electron chi connectivity index (χ4n) is 0.878. The molecule has 0 bridgehead atoms. The Morgan fingerprint density at radius 1 is 1.43 bits per heavy atom. The summed E-state index contributed by atoms with van der Waals surface area (Å²) in [5.74, 6) is 0.411. The van der Waals surface area contributed by atoms with Gasteiger partial charge in [-0.05, 0) is 20.3 Å². The topological polar surface area (TPSA) is 55.4 Å². The molecule has 6 heteroatoms. The first kappa shape index (κ1) is 14.2. The number of ether oxygens (including phenoxy) is 1. The Kier molecular flexibility index (Phi) is 6.68. The van der Waals surface area contributed by atoms with Crippen molar-refractivity contribution in [3.8, 4) is 0 Å². The van der Waals surface area contributed by atoms with Gasteiger partial charge in [-0.1, -0.05) is 0 Å². The van der Waals surface area contributed by atoms with Crippen LogP contribution in [0.3, 0.4) is 0 Å². The summed E-state index contributed by atoms with van der Waals surface area (Å²) in [4.78, 5) is 0. The second-order valence-corrected chi connectivity index (χ2v) is 5.99. The zero-order chi connectivity index (χ0) is 11.2. The average molecular weight is 244 g/mol. The number of rotatable bonds is 7. The van der Waals surface area contributed by atoms with Crippen LogP contribution in [-0.4, -0.2) is 39.3 Å². The Morgan fingerprint density at radius 2 is 2.00 bits per heavy atom. The minimum Gasteiger partial charge on any atom is -0.383 e. The second kappa shape index (κ2) is 6.61. The lowest BCUT2D eigenvalue weighted by Crippen LogP contribution is -2.41. The molecule has 1 atom stereocenters. The lowest BCUT2D eigenvalue weighted by atomic mass is 10.3. The van der Waals surface area contributed by atoms with Gasteiger partial charge in [-0.25, -0.2) is 13.1 Å². The Balaban J connectivity index is 4.28. The summed E-state index contributed by atoms with van der Waals surface area (Å²) in [5.41, 5.74) is 0. The molecule has 14 heavy (non-hydrogen) atoms. The highest BCUT2D eigenvalue weighted by Gasteiger charge is 2.20. The molecule has 0 fully saturated rings. The van der Waals surface area contributed by atoms with E-state index in [4.69, 9.17) is 16.3 Å². The first-order valence-corrected chi connectivity index (χ1v) is 6.58. The highest BCUT2D eigenvalue weighted by atomic mass is 35.5. The molecule has 0 aliphatic heterocycles. The third-order valence-electron chi connectivity index (χ3n) is 1.78. The molecule has 1 unspecified atom stereocenters. The first-order valence-electron chi connectivity index (χ1n) is 4.50. The molecule has 0 aromatic heterocycles. The van der Waals surface area contributed by atoms with Gasteiger partial charge in [0.2, 0.25) is 10.0 Å². The summed E-state index contributed by atoms with van der Waals surface area (Å²) < 4.78 is 30.4. The van der Waals surface area contributed by atoms with Crippen LogP contribution in [-0.2, 0) is 14.8 Å². The molecule has 1 N–H and O–H groups in total. The summed E-state index contributed by atoms with van der Waals surface area (Å²) in [6, 6.07) is -0.232. The molecular formula is C8H18ClNO3S. The third kappa shape index (κ3) is 5.14. The van der Waals surface area contributed by atoms with Gasteiger partial charge in [0.1, 0.15) is 0 Å². The lowest BCUT2D eigenvalue weighted by molar-refractivity contribution is 0.173. The van der Waals surface area contributed by atoms with Gasteiger partial charge < -0.3 is 4.74 Å². The molecule has 0 aromatic carbocycles. The maximum atomic E-state index is 11.5. The van der Waals surface area contributed by atoms with Crippen LogP contribution in [0.4, 0.5) is 0 Å². The number of alkyl halides is 1. The average Bonchev–Trinajstić information content (AvgIpc) is 2.04. The normalized spacial score (nSPS) is 14.6. The van der Waals surface area contributed by atoms with Gasteiger partial charge in [0, 0.05) is 19.0 Å². The number of methoxy groups -OCH3 is 1. The SMILES string of the molecule is COCC(CCCl)NS(=O)(=O)C(C)C. The number of nitrogens with one attached hydrogen (secondary N) is 1. The monoisotopic (exact) mass is 243 g/mol. The maximum absolute atomic E-state index is 11.5. The summed E-state index contributed by atoms with van der Waals surface area (Å²) in [7, 11) is -1.70. The van der Waals surface area contributed by atoms with Gasteiger partial charge in [-0.15, -0.1) is 11.6 Å². The molecule has 0 aromatic rings. The van der Waals surface area contributed by atoms with Gasteiger partial charge in [0.15, 0.2) is 0 Å². The Bertz CT molecular complexity index is 235. The molecule has 0 spiro atoms. The fraction of sp³-hybridized carbons (Fsp3) is 1.00. The van der Waals surface area contributed by atoms with Crippen LogP contribution in [0.15, 0.2) is 0 Å². The third-order valence-corrected chi connectivity index (χ3v) is 3.90. The maximum Gasteiger partial charge on any atom is 0.214 e. The van der Waals surface area contributed by atoms with Crippen LogP contribution in [0.2, 0.25) is 0 Å². The molecule has 86 valence electrons. The quantitative estimate of drug-likeness (QED) is 0.678. The van der Waals surface area contributed by atoms with E-state index in [1.807, 2.05) is 0 Å². The summed E-state index contributed by atoms with van der Waals surface area (Å²) in [6.45, 7) is 3.61. The second-order valence-electron chi connectivity index (χ2n) is 3.34. The van der Waals surface area contributed by atoms with E-state index in [1.54, 1.807) is 13.8 Å². The van der Waals surface area contributed by atoms with Crippen molar-refractivity contribution in [3.63, 3.8) is 0 Å². The van der Waals surface area contributed by atoms with Crippen molar-refractivity contribution in [1.29, 1.82) is 0 Å². The molecular weight excluding hydrogens is 226 g/mol. The van der Waals surface area contributed by atoms with Gasteiger partial charge >= 0.3 is 0 Å². The van der Waals surface area contributed by atoms with Gasteiger partial charge in [-0.2, -0.15) is 0 Å². The molecule has 0 aliphatic rings. The van der Waals surface area contributed by atoms with Crippen molar-refractivity contribution >= 4 is 21.6 Å². The summed E-state index contributed by atoms with van der Waals surface area (Å²) in [5, 5.41) is -0.433. The molecule has 0 amide bonds. The van der Waals surface area contributed by atoms with E-state index in [2.05, 4.69) is 4.72 Å². The van der Waals surface area contributed by atoms with E-state index >= 15 is 0 Å². The van der Waals surface area contributed by atoms with E-state index in [0.717, 1.165) is 0 Å². The molecule has 0 heterocycles. The predicted molar refractivity (Wildman–Crippen MR) is 58.2 cm³/mol. The predicted octanol–water partition coefficient (Wildman–Crippen LogP) is 0.958. The van der Waals surface area contributed by atoms with Crippen molar-refractivity contribution in [2.24, 2.45) is 0 Å². The number of sulfonamides is 1. The molecule has 0 aliphatic carbocycles. The van der Waals surface area contributed by atoms with Crippen LogP contribution in [0, 0.1) is 0 Å². The minimum atomic E-state index is -3.23. The van der Waals surface area contributed by atoms with Crippen molar-refractivity contribution in [2.75, 3.05) is 19.6 Å². The minimum absolute atomic E-state index is 0.232. The number of hydrogen-bond donors (Lipinski definition) is 1. The van der Waals surface area contributed by atoms with Crippen molar-refractivity contribution in [3.05, 3.63) is 0 Å².